The van der Waals surface area contributed by atoms with Gasteiger partial charge in [0.05, 0.1) is 0 Å². The van der Waals surface area contributed by atoms with Gasteiger partial charge in [-0.2, -0.15) is 0 Å². The Kier molecular flexibility index (Phi) is 4.42. The summed E-state index contributed by atoms with van der Waals surface area (Å²) in [4.78, 5) is 48.2. The van der Waals surface area contributed by atoms with Crippen LogP contribution in [0.4, 0.5) is 0 Å². The number of hydrogen-bond donors (Lipinski definition) is 0. The van der Waals surface area contributed by atoms with Gasteiger partial charge in [0.2, 0.25) is 5.24 Å². The van der Waals surface area contributed by atoms with E-state index in [1.807, 2.05) is 0 Å². The molecular formula is C9H10ClNO5. The Labute approximate surface area is 96.4 Å². The van der Waals surface area contributed by atoms with Crippen molar-refractivity contribution in [2.75, 3.05) is 0 Å². The van der Waals surface area contributed by atoms with E-state index in [4.69, 9.17) is 11.6 Å². The number of halogens is 1. The molecule has 6 nitrogen and oxygen atoms in total. The topological polar surface area (TPSA) is 80.8 Å². The van der Waals surface area contributed by atoms with Gasteiger partial charge < -0.3 is 4.84 Å². The molecule has 1 saturated heterocycles. The molecule has 7 heteroatoms. The quantitative estimate of drug-likeness (QED) is 0.523. The lowest BCUT2D eigenvalue weighted by Crippen LogP contribution is -2.31. The van der Waals surface area contributed by atoms with Gasteiger partial charge in [-0.25, -0.2) is 4.79 Å². The summed E-state index contributed by atoms with van der Waals surface area (Å²) in [6.45, 7) is 0. The number of carbonyl (C=O) groups is 4. The highest BCUT2D eigenvalue weighted by Crippen LogP contribution is 2.13. The summed E-state index contributed by atoms with van der Waals surface area (Å²) in [5.41, 5.74) is 0. The Balaban J connectivity index is 2.31. The van der Waals surface area contributed by atoms with Crippen molar-refractivity contribution in [1.82, 2.24) is 5.06 Å². The van der Waals surface area contributed by atoms with Crippen molar-refractivity contribution in [3.05, 3.63) is 0 Å². The number of imide groups is 1. The second kappa shape index (κ2) is 5.60. The van der Waals surface area contributed by atoms with Crippen LogP contribution in [-0.4, -0.2) is 28.1 Å². The molecule has 16 heavy (non-hydrogen) atoms. The van der Waals surface area contributed by atoms with Crippen molar-refractivity contribution < 1.29 is 24.0 Å². The van der Waals surface area contributed by atoms with Crippen molar-refractivity contribution in [3.63, 3.8) is 0 Å². The molecule has 0 bridgehead atoms. The Hall–Kier alpha value is -1.43. The van der Waals surface area contributed by atoms with Crippen LogP contribution in [0.3, 0.4) is 0 Å². The minimum absolute atomic E-state index is 0.0541. The molecule has 0 spiro atoms. The van der Waals surface area contributed by atoms with E-state index in [1.165, 1.54) is 0 Å². The van der Waals surface area contributed by atoms with Crippen molar-refractivity contribution in [1.29, 1.82) is 0 Å². The Morgan fingerprint density at radius 1 is 1.19 bits per heavy atom. The lowest BCUT2D eigenvalue weighted by Gasteiger charge is -2.11. The molecule has 1 aliphatic heterocycles. The van der Waals surface area contributed by atoms with Crippen LogP contribution < -0.4 is 0 Å². The summed E-state index contributed by atoms with van der Waals surface area (Å²) in [5.74, 6) is -1.76. The Morgan fingerprint density at radius 2 is 1.75 bits per heavy atom. The first kappa shape index (κ1) is 12.6. The highest BCUT2D eigenvalue weighted by molar-refractivity contribution is 6.63. The molecule has 88 valence electrons. The summed E-state index contributed by atoms with van der Waals surface area (Å²) in [5, 5.41) is -0.0636. The molecule has 0 aromatic rings. The maximum absolute atomic E-state index is 11.1. The van der Waals surface area contributed by atoms with Gasteiger partial charge in [-0.05, 0) is 18.0 Å². The normalized spacial score (nSPS) is 15.4. The van der Waals surface area contributed by atoms with Gasteiger partial charge in [0.1, 0.15) is 0 Å². The van der Waals surface area contributed by atoms with Gasteiger partial charge in [0, 0.05) is 25.7 Å². The summed E-state index contributed by atoms with van der Waals surface area (Å²) in [6.07, 6.45) is 0.351. The highest BCUT2D eigenvalue weighted by Gasteiger charge is 2.32. The van der Waals surface area contributed by atoms with Crippen LogP contribution in [0.5, 0.6) is 0 Å². The second-order valence-electron chi connectivity index (χ2n) is 3.25. The number of hydrogen-bond acceptors (Lipinski definition) is 5. The van der Waals surface area contributed by atoms with Crippen LogP contribution in [-0.2, 0) is 24.0 Å². The molecular weight excluding hydrogens is 238 g/mol. The molecule has 0 aliphatic carbocycles. The molecule has 1 fully saturated rings. The lowest BCUT2D eigenvalue weighted by atomic mass is 10.2. The zero-order chi connectivity index (χ0) is 12.1. The maximum Gasteiger partial charge on any atom is 0.333 e. The summed E-state index contributed by atoms with van der Waals surface area (Å²) >= 11 is 5.07. The predicted octanol–water partition coefficient (Wildman–Crippen LogP) is 0.529. The Bertz CT molecular complexity index is 325. The van der Waals surface area contributed by atoms with Gasteiger partial charge >= 0.3 is 5.97 Å². The van der Waals surface area contributed by atoms with Crippen LogP contribution in [0, 0.1) is 0 Å². The van der Waals surface area contributed by atoms with E-state index in [2.05, 4.69) is 4.84 Å². The Morgan fingerprint density at radius 3 is 2.25 bits per heavy atom. The van der Waals surface area contributed by atoms with E-state index in [9.17, 15) is 19.2 Å². The van der Waals surface area contributed by atoms with E-state index in [1.54, 1.807) is 0 Å². The molecule has 0 aromatic carbocycles. The number of nitrogens with zero attached hydrogens (tertiary/aromatic N) is 1. The molecule has 0 saturated carbocycles. The molecule has 0 radical (unpaired) electrons. The first-order valence-corrected chi connectivity index (χ1v) is 5.13. The summed E-state index contributed by atoms with van der Waals surface area (Å²) in [6, 6.07) is 0. The maximum atomic E-state index is 11.1. The van der Waals surface area contributed by atoms with Crippen molar-refractivity contribution in [2.45, 2.75) is 32.1 Å². The fourth-order valence-corrected chi connectivity index (χ4v) is 1.31. The van der Waals surface area contributed by atoms with E-state index in [0.29, 0.717) is 5.06 Å². The molecule has 0 unspecified atom stereocenters. The fourth-order valence-electron chi connectivity index (χ4n) is 1.18. The average Bonchev–Trinajstić information content (AvgIpc) is 2.49. The smallest absolute Gasteiger partial charge is 0.330 e. The summed E-state index contributed by atoms with van der Waals surface area (Å²) in [7, 11) is 0. The standard InChI is InChI=1S/C9H10ClNO5/c10-6(12)2-1-3-9(15)16-11-7(13)4-5-8(11)14/h1-5H2. The van der Waals surface area contributed by atoms with E-state index >= 15 is 0 Å². The van der Waals surface area contributed by atoms with Crippen molar-refractivity contribution >= 4 is 34.6 Å². The van der Waals surface area contributed by atoms with Crippen LogP contribution in [0.1, 0.15) is 32.1 Å². The molecule has 2 amide bonds. The molecule has 1 heterocycles. The van der Waals surface area contributed by atoms with Crippen LogP contribution in [0.25, 0.3) is 0 Å². The monoisotopic (exact) mass is 247 g/mol. The third-order valence-electron chi connectivity index (χ3n) is 1.95. The first-order chi connectivity index (χ1) is 7.50. The largest absolute Gasteiger partial charge is 0.333 e. The average molecular weight is 248 g/mol. The van der Waals surface area contributed by atoms with Crippen molar-refractivity contribution in [3.8, 4) is 0 Å². The zero-order valence-corrected chi connectivity index (χ0v) is 9.16. The van der Waals surface area contributed by atoms with E-state index in [-0.39, 0.29) is 32.1 Å². The van der Waals surface area contributed by atoms with Gasteiger partial charge in [-0.3, -0.25) is 14.4 Å². The third kappa shape index (κ3) is 3.62. The molecule has 0 N–H and O–H groups in total. The third-order valence-corrected chi connectivity index (χ3v) is 2.14. The predicted molar refractivity (Wildman–Crippen MR) is 51.9 cm³/mol. The summed E-state index contributed by atoms with van der Waals surface area (Å²) < 4.78 is 0. The van der Waals surface area contributed by atoms with Crippen LogP contribution in [0.15, 0.2) is 0 Å². The highest BCUT2D eigenvalue weighted by atomic mass is 35.5. The van der Waals surface area contributed by atoms with Crippen LogP contribution in [0.2, 0.25) is 0 Å². The van der Waals surface area contributed by atoms with E-state index in [0.717, 1.165) is 0 Å². The van der Waals surface area contributed by atoms with Gasteiger partial charge in [0.25, 0.3) is 11.8 Å². The van der Waals surface area contributed by atoms with Gasteiger partial charge in [-0.1, -0.05) is 0 Å². The number of rotatable bonds is 5. The van der Waals surface area contributed by atoms with E-state index < -0.39 is 23.0 Å². The minimum atomic E-state index is -0.721. The lowest BCUT2D eigenvalue weighted by molar-refractivity contribution is -0.197. The second-order valence-corrected chi connectivity index (χ2v) is 3.68. The van der Waals surface area contributed by atoms with Gasteiger partial charge in [-0.15, -0.1) is 5.06 Å². The van der Waals surface area contributed by atoms with Gasteiger partial charge in [0.15, 0.2) is 0 Å². The van der Waals surface area contributed by atoms with Crippen molar-refractivity contribution in [2.24, 2.45) is 0 Å². The number of carbonyl (C=O) groups excluding carboxylic acids is 4. The molecule has 0 atom stereocenters. The number of amides is 2. The first-order valence-electron chi connectivity index (χ1n) is 4.75. The minimum Gasteiger partial charge on any atom is -0.330 e. The molecule has 1 aliphatic rings. The van der Waals surface area contributed by atoms with Crippen LogP contribution >= 0.6 is 11.6 Å². The SMILES string of the molecule is O=C(Cl)CCCC(=O)ON1C(=O)CCC1=O. The molecule has 1 rings (SSSR count). The molecule has 0 aromatic heterocycles. The number of hydroxylamine groups is 2. The zero-order valence-electron chi connectivity index (χ0n) is 8.40. The fraction of sp³-hybridized carbons (Fsp3) is 0.556.